The minimum Gasteiger partial charge on any atom is -0.418 e. The van der Waals surface area contributed by atoms with Crippen molar-refractivity contribution in [3.63, 3.8) is 0 Å². The quantitative estimate of drug-likeness (QED) is 0.339. The Labute approximate surface area is 126 Å². The van der Waals surface area contributed by atoms with E-state index >= 15 is 0 Å². The highest BCUT2D eigenvalue weighted by molar-refractivity contribution is 8.13. The predicted octanol–water partition coefficient (Wildman–Crippen LogP) is 4.85. The number of hydrogen-bond acceptors (Lipinski definition) is 3. The predicted molar refractivity (Wildman–Crippen MR) is 86.9 cm³/mol. The largest absolute Gasteiger partial charge is 0.418 e. The van der Waals surface area contributed by atoms with Crippen molar-refractivity contribution in [2.24, 2.45) is 0 Å². The van der Waals surface area contributed by atoms with Gasteiger partial charge in [-0.05, 0) is 25.8 Å². The van der Waals surface area contributed by atoms with Gasteiger partial charge >= 0.3 is 0 Å². The molecule has 4 heteroatoms. The summed E-state index contributed by atoms with van der Waals surface area (Å²) in [6.07, 6.45) is 10.8. The Bertz CT molecular complexity index is 201. The van der Waals surface area contributed by atoms with E-state index in [-0.39, 0.29) is 0 Å². The van der Waals surface area contributed by atoms with Crippen molar-refractivity contribution in [2.45, 2.75) is 77.7 Å². The normalized spacial score (nSPS) is 10.8. The standard InChI is InChI=1S/C15H30O2SSi/c1-3-5-6-7-8-9-10-12-15(16)18-13-11-14-19-17-4-2/h3-14H2,1-2H3. The molecule has 19 heavy (non-hydrogen) atoms. The Balaban J connectivity index is 3.13. The number of hydrogen-bond donors (Lipinski definition) is 0. The molecular weight excluding hydrogens is 272 g/mol. The second kappa shape index (κ2) is 16.3. The molecule has 0 aliphatic carbocycles. The molecule has 0 spiro atoms. The molecule has 0 atom stereocenters. The number of carbonyl (C=O) groups excluding carboxylic acids is 1. The third-order valence-corrected chi connectivity index (χ3v) is 4.99. The highest BCUT2D eigenvalue weighted by Crippen LogP contribution is 2.13. The fraction of sp³-hybridized carbons (Fsp3) is 0.933. The summed E-state index contributed by atoms with van der Waals surface area (Å²) < 4.78 is 5.29. The Morgan fingerprint density at radius 2 is 1.68 bits per heavy atom. The summed E-state index contributed by atoms with van der Waals surface area (Å²) in [5.74, 6) is 0.968. The SMILES string of the molecule is CCCCCCCCCC(=O)SCCC[Si]OCC. The van der Waals surface area contributed by atoms with Crippen LogP contribution in [0.15, 0.2) is 0 Å². The number of unbranched alkanes of at least 4 members (excludes halogenated alkanes) is 6. The van der Waals surface area contributed by atoms with Gasteiger partial charge in [0, 0.05) is 18.8 Å². The second-order valence-corrected chi connectivity index (χ2v) is 7.00. The molecule has 0 aliphatic heterocycles. The summed E-state index contributed by atoms with van der Waals surface area (Å²) in [4.78, 5) is 11.6. The van der Waals surface area contributed by atoms with E-state index in [1.54, 1.807) is 0 Å². The Morgan fingerprint density at radius 1 is 1.00 bits per heavy atom. The summed E-state index contributed by atoms with van der Waals surface area (Å²) in [5.41, 5.74) is 0. The van der Waals surface area contributed by atoms with Crippen LogP contribution in [0.3, 0.4) is 0 Å². The molecular formula is C15H30O2SSi. The van der Waals surface area contributed by atoms with Gasteiger partial charge < -0.3 is 4.43 Å². The van der Waals surface area contributed by atoms with Gasteiger partial charge in [0.05, 0.1) is 0 Å². The molecule has 2 radical (unpaired) electrons. The summed E-state index contributed by atoms with van der Waals surface area (Å²) in [6, 6.07) is 1.10. The van der Waals surface area contributed by atoms with Crippen LogP contribution in [0.25, 0.3) is 0 Å². The van der Waals surface area contributed by atoms with Gasteiger partial charge in [0.25, 0.3) is 0 Å². The topological polar surface area (TPSA) is 26.3 Å². The molecule has 0 aromatic rings. The van der Waals surface area contributed by atoms with Crippen molar-refractivity contribution in [2.75, 3.05) is 12.4 Å². The van der Waals surface area contributed by atoms with Crippen molar-refractivity contribution in [3.8, 4) is 0 Å². The van der Waals surface area contributed by atoms with Crippen molar-refractivity contribution < 1.29 is 9.22 Å². The summed E-state index contributed by atoms with van der Waals surface area (Å²) in [7, 11) is 0.611. The zero-order valence-electron chi connectivity index (χ0n) is 12.7. The van der Waals surface area contributed by atoms with E-state index in [0.29, 0.717) is 14.9 Å². The van der Waals surface area contributed by atoms with Gasteiger partial charge in [-0.25, -0.2) is 0 Å². The maximum Gasteiger partial charge on any atom is 0.229 e. The van der Waals surface area contributed by atoms with Crippen LogP contribution in [0, 0.1) is 0 Å². The molecule has 0 saturated carbocycles. The molecule has 0 rings (SSSR count). The first-order valence-corrected chi connectivity index (χ1v) is 9.91. The van der Waals surface area contributed by atoms with Gasteiger partial charge in [0.15, 0.2) is 5.12 Å². The number of carbonyl (C=O) groups is 1. The molecule has 2 nitrogen and oxygen atoms in total. The lowest BCUT2D eigenvalue weighted by Gasteiger charge is -2.02. The van der Waals surface area contributed by atoms with E-state index in [4.69, 9.17) is 4.43 Å². The smallest absolute Gasteiger partial charge is 0.229 e. The first-order valence-electron chi connectivity index (χ1n) is 7.81. The van der Waals surface area contributed by atoms with Crippen LogP contribution in [0.2, 0.25) is 6.04 Å². The average Bonchev–Trinajstić information content (AvgIpc) is 2.41. The highest BCUT2D eigenvalue weighted by Gasteiger charge is 2.02. The first-order chi connectivity index (χ1) is 9.31. The molecule has 112 valence electrons. The Morgan fingerprint density at radius 3 is 2.37 bits per heavy atom. The third-order valence-electron chi connectivity index (χ3n) is 2.92. The van der Waals surface area contributed by atoms with E-state index < -0.39 is 0 Å². The fourth-order valence-corrected chi connectivity index (χ4v) is 3.53. The van der Waals surface area contributed by atoms with Gasteiger partial charge in [-0.2, -0.15) is 0 Å². The molecule has 0 amide bonds. The molecule has 0 heterocycles. The van der Waals surface area contributed by atoms with E-state index in [9.17, 15) is 4.79 Å². The second-order valence-electron chi connectivity index (χ2n) is 4.77. The Kier molecular flexibility index (Phi) is 16.4. The lowest BCUT2D eigenvalue weighted by Crippen LogP contribution is -1.99. The molecule has 0 N–H and O–H groups in total. The fourth-order valence-electron chi connectivity index (χ4n) is 1.80. The lowest BCUT2D eigenvalue weighted by atomic mass is 10.1. The van der Waals surface area contributed by atoms with Crippen LogP contribution >= 0.6 is 11.8 Å². The van der Waals surface area contributed by atoms with Gasteiger partial charge in [0.1, 0.15) is 0 Å². The minimum absolute atomic E-state index is 0.383. The van der Waals surface area contributed by atoms with Crippen molar-refractivity contribution in [1.82, 2.24) is 0 Å². The van der Waals surface area contributed by atoms with Crippen LogP contribution in [0.1, 0.15) is 71.6 Å². The van der Waals surface area contributed by atoms with Crippen LogP contribution in [0.4, 0.5) is 0 Å². The highest BCUT2D eigenvalue weighted by atomic mass is 32.2. The summed E-state index contributed by atoms with van der Waals surface area (Å²) in [5, 5.41) is 0.383. The van der Waals surface area contributed by atoms with Crippen LogP contribution < -0.4 is 0 Å². The molecule has 0 aliphatic rings. The monoisotopic (exact) mass is 302 g/mol. The molecule has 0 aromatic heterocycles. The molecule has 0 saturated heterocycles. The zero-order chi connectivity index (χ0) is 14.2. The zero-order valence-corrected chi connectivity index (χ0v) is 14.5. The van der Waals surface area contributed by atoms with Gasteiger partial charge in [-0.3, -0.25) is 4.79 Å². The molecule has 0 bridgehead atoms. The molecule has 0 unspecified atom stereocenters. The average molecular weight is 303 g/mol. The van der Waals surface area contributed by atoms with E-state index in [1.807, 2.05) is 6.92 Å². The van der Waals surface area contributed by atoms with Crippen LogP contribution in [-0.2, 0) is 9.22 Å². The van der Waals surface area contributed by atoms with Gasteiger partial charge in [0.2, 0.25) is 9.76 Å². The summed E-state index contributed by atoms with van der Waals surface area (Å²) in [6.45, 7) is 5.07. The lowest BCUT2D eigenvalue weighted by molar-refractivity contribution is -0.111. The molecule has 0 fully saturated rings. The third kappa shape index (κ3) is 16.1. The van der Waals surface area contributed by atoms with Crippen molar-refractivity contribution >= 4 is 26.6 Å². The van der Waals surface area contributed by atoms with E-state index in [2.05, 4.69) is 6.92 Å². The van der Waals surface area contributed by atoms with Crippen LogP contribution in [-0.4, -0.2) is 27.2 Å². The minimum atomic E-state index is 0.383. The van der Waals surface area contributed by atoms with E-state index in [0.717, 1.165) is 37.7 Å². The number of thioether (sulfide) groups is 1. The first kappa shape index (κ1) is 19.2. The molecule has 0 aromatic carbocycles. The van der Waals surface area contributed by atoms with Crippen LogP contribution in [0.5, 0.6) is 0 Å². The Hall–Kier alpha value is 0.197. The number of rotatable bonds is 14. The maximum atomic E-state index is 11.6. The van der Waals surface area contributed by atoms with E-state index in [1.165, 1.54) is 50.3 Å². The van der Waals surface area contributed by atoms with Gasteiger partial charge in [-0.1, -0.05) is 57.2 Å². The van der Waals surface area contributed by atoms with Gasteiger partial charge in [-0.15, -0.1) is 0 Å². The maximum absolute atomic E-state index is 11.6. The summed E-state index contributed by atoms with van der Waals surface area (Å²) >= 11 is 1.52. The van der Waals surface area contributed by atoms with Crippen molar-refractivity contribution in [3.05, 3.63) is 0 Å². The van der Waals surface area contributed by atoms with Crippen molar-refractivity contribution in [1.29, 1.82) is 0 Å².